The maximum Gasteiger partial charge on any atom is 0.339 e. The topological polar surface area (TPSA) is 72.8 Å². The van der Waals surface area contributed by atoms with Gasteiger partial charge in [0.05, 0.1) is 25.3 Å². The van der Waals surface area contributed by atoms with E-state index in [-0.39, 0.29) is 22.8 Å². The van der Waals surface area contributed by atoms with Gasteiger partial charge >= 0.3 is 11.9 Å². The predicted molar refractivity (Wildman–Crippen MR) is 95.0 cm³/mol. The van der Waals surface area contributed by atoms with Crippen LogP contribution in [0.2, 0.25) is 0 Å². The fourth-order valence-electron chi connectivity index (χ4n) is 2.92. The number of rotatable bonds is 4. The van der Waals surface area contributed by atoms with Crippen molar-refractivity contribution in [1.82, 2.24) is 0 Å². The molecule has 2 aromatic carbocycles. The zero-order valence-corrected chi connectivity index (χ0v) is 15.0. The van der Waals surface area contributed by atoms with Gasteiger partial charge in [-0.2, -0.15) is 0 Å². The molecular formula is C20H22O5. The number of phenols is 1. The van der Waals surface area contributed by atoms with Crippen LogP contribution in [-0.4, -0.2) is 31.3 Å². The Morgan fingerprint density at radius 3 is 2.20 bits per heavy atom. The highest BCUT2D eigenvalue weighted by Gasteiger charge is 2.28. The standard InChI is InChI=1S/C20H22O5/c1-11(2)13-8-6-7-9-14(13)17-12(3)16(21)10-15(19(22)24-4)18(17)20(23)25-5/h6-11,21H,1-5H3. The molecule has 0 unspecified atom stereocenters. The number of carbonyl (C=O) groups is 2. The number of phenolic OH excluding ortho intramolecular Hbond substituents is 1. The molecule has 0 spiro atoms. The molecule has 0 aromatic heterocycles. The Kier molecular flexibility index (Phi) is 5.47. The van der Waals surface area contributed by atoms with E-state index in [4.69, 9.17) is 9.47 Å². The summed E-state index contributed by atoms with van der Waals surface area (Å²) >= 11 is 0. The molecule has 0 aliphatic carbocycles. The highest BCUT2D eigenvalue weighted by atomic mass is 16.5. The van der Waals surface area contributed by atoms with Crippen molar-refractivity contribution in [1.29, 1.82) is 0 Å². The largest absolute Gasteiger partial charge is 0.508 e. The molecule has 0 saturated heterocycles. The normalized spacial score (nSPS) is 10.6. The van der Waals surface area contributed by atoms with Crippen molar-refractivity contribution >= 4 is 11.9 Å². The first kappa shape index (κ1) is 18.5. The summed E-state index contributed by atoms with van der Waals surface area (Å²) in [5.41, 5.74) is 2.83. The fourth-order valence-corrected chi connectivity index (χ4v) is 2.92. The molecule has 0 atom stereocenters. The highest BCUT2D eigenvalue weighted by molar-refractivity contribution is 6.09. The van der Waals surface area contributed by atoms with Gasteiger partial charge in [-0.05, 0) is 35.6 Å². The number of ether oxygens (including phenoxy) is 2. The minimum atomic E-state index is -0.709. The Morgan fingerprint density at radius 2 is 1.64 bits per heavy atom. The number of hydrogen-bond acceptors (Lipinski definition) is 5. The molecular weight excluding hydrogens is 320 g/mol. The van der Waals surface area contributed by atoms with Crippen molar-refractivity contribution in [3.05, 3.63) is 52.6 Å². The van der Waals surface area contributed by atoms with Gasteiger partial charge in [0.1, 0.15) is 5.75 Å². The third-order valence-electron chi connectivity index (χ3n) is 4.21. The van der Waals surface area contributed by atoms with Crippen LogP contribution < -0.4 is 0 Å². The van der Waals surface area contributed by atoms with Crippen LogP contribution in [0.25, 0.3) is 11.1 Å². The second kappa shape index (κ2) is 7.38. The Morgan fingerprint density at radius 1 is 1.04 bits per heavy atom. The van der Waals surface area contributed by atoms with Crippen LogP contribution in [0.1, 0.15) is 51.6 Å². The lowest BCUT2D eigenvalue weighted by Gasteiger charge is -2.20. The first-order chi connectivity index (χ1) is 11.8. The number of benzene rings is 2. The van der Waals surface area contributed by atoms with Gasteiger partial charge in [0.25, 0.3) is 0 Å². The number of carbonyl (C=O) groups excluding carboxylic acids is 2. The van der Waals surface area contributed by atoms with Crippen LogP contribution in [0.3, 0.4) is 0 Å². The molecule has 5 nitrogen and oxygen atoms in total. The maximum absolute atomic E-state index is 12.5. The molecule has 132 valence electrons. The van der Waals surface area contributed by atoms with Crippen molar-refractivity contribution in [2.45, 2.75) is 26.7 Å². The predicted octanol–water partition coefficient (Wildman–Crippen LogP) is 4.06. The van der Waals surface area contributed by atoms with Gasteiger partial charge in [-0.1, -0.05) is 38.1 Å². The van der Waals surface area contributed by atoms with Gasteiger partial charge in [-0.25, -0.2) is 9.59 Å². The second-order valence-corrected chi connectivity index (χ2v) is 6.04. The zero-order valence-electron chi connectivity index (χ0n) is 15.0. The van der Waals surface area contributed by atoms with E-state index >= 15 is 0 Å². The zero-order chi connectivity index (χ0) is 18.7. The first-order valence-corrected chi connectivity index (χ1v) is 7.95. The molecule has 0 radical (unpaired) electrons. The molecule has 0 bridgehead atoms. The summed E-state index contributed by atoms with van der Waals surface area (Å²) in [5, 5.41) is 10.3. The smallest absolute Gasteiger partial charge is 0.339 e. The summed E-state index contributed by atoms with van der Waals surface area (Å²) in [7, 11) is 2.48. The van der Waals surface area contributed by atoms with E-state index in [0.717, 1.165) is 11.1 Å². The average Bonchev–Trinajstić information content (AvgIpc) is 2.62. The second-order valence-electron chi connectivity index (χ2n) is 6.04. The van der Waals surface area contributed by atoms with E-state index in [9.17, 15) is 14.7 Å². The summed E-state index contributed by atoms with van der Waals surface area (Å²) in [6, 6.07) is 8.83. The molecule has 25 heavy (non-hydrogen) atoms. The SMILES string of the molecule is COC(=O)c1cc(O)c(C)c(-c2ccccc2C(C)C)c1C(=O)OC. The molecule has 2 aromatic rings. The quantitative estimate of drug-likeness (QED) is 0.848. The summed E-state index contributed by atoms with van der Waals surface area (Å²) < 4.78 is 9.68. The summed E-state index contributed by atoms with van der Waals surface area (Å²) in [6.45, 7) is 5.78. The van der Waals surface area contributed by atoms with Crippen molar-refractivity contribution in [3.8, 4) is 16.9 Å². The van der Waals surface area contributed by atoms with Crippen molar-refractivity contribution in [2.24, 2.45) is 0 Å². The van der Waals surface area contributed by atoms with Gasteiger partial charge in [0, 0.05) is 5.56 Å². The Labute approximate surface area is 147 Å². The Bertz CT molecular complexity index is 821. The molecule has 0 amide bonds. The van der Waals surface area contributed by atoms with Crippen molar-refractivity contribution < 1.29 is 24.2 Å². The van der Waals surface area contributed by atoms with Crippen LogP contribution >= 0.6 is 0 Å². The van der Waals surface area contributed by atoms with E-state index in [1.54, 1.807) is 6.92 Å². The monoisotopic (exact) mass is 342 g/mol. The number of esters is 2. The van der Waals surface area contributed by atoms with Gasteiger partial charge in [0.2, 0.25) is 0 Å². The van der Waals surface area contributed by atoms with Gasteiger partial charge < -0.3 is 14.6 Å². The van der Waals surface area contributed by atoms with E-state index in [2.05, 4.69) is 0 Å². The molecule has 0 heterocycles. The van der Waals surface area contributed by atoms with Crippen LogP contribution in [0, 0.1) is 6.92 Å². The lowest BCUT2D eigenvalue weighted by atomic mass is 9.85. The van der Waals surface area contributed by atoms with Gasteiger partial charge in [-0.3, -0.25) is 0 Å². The molecule has 0 aliphatic heterocycles. The lowest BCUT2D eigenvalue weighted by molar-refractivity contribution is 0.0555. The third kappa shape index (κ3) is 3.36. The maximum atomic E-state index is 12.5. The average molecular weight is 342 g/mol. The van der Waals surface area contributed by atoms with Gasteiger partial charge in [-0.15, -0.1) is 0 Å². The van der Waals surface area contributed by atoms with Crippen LogP contribution in [0.15, 0.2) is 30.3 Å². The molecule has 1 N–H and O–H groups in total. The summed E-state index contributed by atoms with van der Waals surface area (Å²) in [4.78, 5) is 24.7. The number of hydrogen-bond donors (Lipinski definition) is 1. The van der Waals surface area contributed by atoms with Crippen molar-refractivity contribution in [2.75, 3.05) is 14.2 Å². The van der Waals surface area contributed by atoms with Crippen LogP contribution in [-0.2, 0) is 9.47 Å². The Balaban J connectivity index is 2.97. The highest BCUT2D eigenvalue weighted by Crippen LogP contribution is 2.39. The molecule has 0 saturated carbocycles. The van der Waals surface area contributed by atoms with E-state index in [0.29, 0.717) is 11.1 Å². The van der Waals surface area contributed by atoms with Gasteiger partial charge in [0.15, 0.2) is 0 Å². The molecule has 5 heteroatoms. The molecule has 2 rings (SSSR count). The number of methoxy groups -OCH3 is 2. The minimum Gasteiger partial charge on any atom is -0.508 e. The fraction of sp³-hybridized carbons (Fsp3) is 0.300. The summed E-state index contributed by atoms with van der Waals surface area (Å²) in [5.74, 6) is -1.26. The minimum absolute atomic E-state index is 0.0222. The Hall–Kier alpha value is -2.82. The van der Waals surface area contributed by atoms with E-state index in [1.807, 2.05) is 38.1 Å². The molecule has 0 aliphatic rings. The van der Waals surface area contributed by atoms with E-state index < -0.39 is 11.9 Å². The lowest BCUT2D eigenvalue weighted by Crippen LogP contribution is -2.15. The first-order valence-electron chi connectivity index (χ1n) is 7.95. The number of aromatic hydroxyl groups is 1. The summed E-state index contributed by atoms with van der Waals surface area (Å²) in [6.07, 6.45) is 0. The van der Waals surface area contributed by atoms with E-state index in [1.165, 1.54) is 20.3 Å². The molecule has 0 fully saturated rings. The van der Waals surface area contributed by atoms with Crippen LogP contribution in [0.5, 0.6) is 5.75 Å². The third-order valence-corrected chi connectivity index (χ3v) is 4.21. The van der Waals surface area contributed by atoms with Crippen molar-refractivity contribution in [3.63, 3.8) is 0 Å². The van der Waals surface area contributed by atoms with Crippen LogP contribution in [0.4, 0.5) is 0 Å².